The van der Waals surface area contributed by atoms with Crippen LogP contribution >= 0.6 is 0 Å². The molecule has 3 rings (SSSR count). The maximum Gasteiger partial charge on any atom is 0.311 e. The van der Waals surface area contributed by atoms with E-state index in [0.29, 0.717) is 0 Å². The van der Waals surface area contributed by atoms with Crippen molar-refractivity contribution in [3.63, 3.8) is 0 Å². The second kappa shape index (κ2) is 8.86. The van der Waals surface area contributed by atoms with E-state index in [-0.39, 0.29) is 31.2 Å². The summed E-state index contributed by atoms with van der Waals surface area (Å²) in [6.45, 7) is 3.93. The molecule has 0 radical (unpaired) electrons. The molecular weight excluding hydrogens is 375 g/mol. The summed E-state index contributed by atoms with van der Waals surface area (Å²) in [5.41, 5.74) is 3.59. The third-order valence-corrected chi connectivity index (χ3v) is 5.07. The molecule has 1 atom stereocenters. The minimum Gasteiger partial charge on any atom is -0.455 e. The number of esters is 1. The average molecular weight is 398 g/mol. The number of amides is 2. The first-order valence-electron chi connectivity index (χ1n) is 9.39. The van der Waals surface area contributed by atoms with Gasteiger partial charge >= 0.3 is 5.97 Å². The fourth-order valence-electron chi connectivity index (χ4n) is 3.23. The zero-order valence-corrected chi connectivity index (χ0v) is 16.4. The molecule has 29 heavy (non-hydrogen) atoms. The molecule has 152 valence electrons. The number of anilines is 1. The van der Waals surface area contributed by atoms with Crippen LogP contribution in [-0.2, 0) is 25.7 Å². The molecule has 0 aromatic heterocycles. The summed E-state index contributed by atoms with van der Waals surface area (Å²) < 4.78 is 18.0. The topological polar surface area (TPSA) is 75.7 Å². The summed E-state index contributed by atoms with van der Waals surface area (Å²) in [7, 11) is 0. The van der Waals surface area contributed by atoms with Crippen molar-refractivity contribution >= 4 is 23.5 Å². The number of hydrogen-bond donors (Lipinski definition) is 1. The fourth-order valence-corrected chi connectivity index (χ4v) is 3.23. The van der Waals surface area contributed by atoms with Gasteiger partial charge in [-0.15, -0.1) is 0 Å². The molecule has 1 aliphatic rings. The number of hydrogen-bond acceptors (Lipinski definition) is 4. The average Bonchev–Trinajstić information content (AvgIpc) is 3.09. The van der Waals surface area contributed by atoms with Gasteiger partial charge in [0.2, 0.25) is 5.91 Å². The van der Waals surface area contributed by atoms with E-state index in [1.165, 1.54) is 12.1 Å². The summed E-state index contributed by atoms with van der Waals surface area (Å²) in [6.07, 6.45) is 0.0589. The van der Waals surface area contributed by atoms with Gasteiger partial charge in [0.25, 0.3) is 5.91 Å². The molecule has 6 nitrogen and oxygen atoms in total. The van der Waals surface area contributed by atoms with Gasteiger partial charge in [0.15, 0.2) is 6.61 Å². The van der Waals surface area contributed by atoms with Gasteiger partial charge in [0.05, 0.1) is 5.92 Å². The van der Waals surface area contributed by atoms with Crippen molar-refractivity contribution in [2.75, 3.05) is 18.1 Å². The number of carbonyl (C=O) groups excluding carboxylic acids is 3. The van der Waals surface area contributed by atoms with Gasteiger partial charge in [-0.25, -0.2) is 4.39 Å². The smallest absolute Gasteiger partial charge is 0.311 e. The van der Waals surface area contributed by atoms with Crippen molar-refractivity contribution in [3.8, 4) is 0 Å². The molecule has 1 heterocycles. The molecule has 0 spiro atoms. The second-order valence-electron chi connectivity index (χ2n) is 7.14. The molecule has 0 saturated carbocycles. The monoisotopic (exact) mass is 398 g/mol. The van der Waals surface area contributed by atoms with Crippen molar-refractivity contribution in [2.24, 2.45) is 5.92 Å². The molecular formula is C22H23FN2O4. The van der Waals surface area contributed by atoms with Crippen molar-refractivity contribution in [2.45, 2.75) is 26.8 Å². The highest BCUT2D eigenvalue weighted by atomic mass is 19.1. The van der Waals surface area contributed by atoms with Gasteiger partial charge in [-0.1, -0.05) is 24.3 Å². The first kappa shape index (κ1) is 20.5. The lowest BCUT2D eigenvalue weighted by molar-refractivity contribution is -0.152. The van der Waals surface area contributed by atoms with Gasteiger partial charge in [0.1, 0.15) is 5.82 Å². The summed E-state index contributed by atoms with van der Waals surface area (Å²) in [4.78, 5) is 38.2. The molecule has 7 heteroatoms. The van der Waals surface area contributed by atoms with Crippen LogP contribution in [0.15, 0.2) is 42.5 Å². The summed E-state index contributed by atoms with van der Waals surface area (Å²) in [5.74, 6) is -2.12. The van der Waals surface area contributed by atoms with Gasteiger partial charge in [-0.2, -0.15) is 0 Å². The highest BCUT2D eigenvalue weighted by molar-refractivity contribution is 6.00. The molecule has 2 aromatic carbocycles. The van der Waals surface area contributed by atoms with Crippen molar-refractivity contribution in [1.29, 1.82) is 0 Å². The summed E-state index contributed by atoms with van der Waals surface area (Å²) in [5, 5.41) is 2.61. The van der Waals surface area contributed by atoms with E-state index in [2.05, 4.69) is 5.32 Å². The van der Waals surface area contributed by atoms with Crippen LogP contribution in [0.5, 0.6) is 0 Å². The molecule has 0 bridgehead atoms. The maximum absolute atomic E-state index is 12.9. The Morgan fingerprint density at radius 3 is 2.62 bits per heavy atom. The van der Waals surface area contributed by atoms with E-state index in [0.717, 1.165) is 22.4 Å². The maximum atomic E-state index is 12.9. The molecule has 1 N–H and O–H groups in total. The third kappa shape index (κ3) is 4.99. The van der Waals surface area contributed by atoms with E-state index in [9.17, 15) is 18.8 Å². The van der Waals surface area contributed by atoms with Crippen LogP contribution in [0.4, 0.5) is 10.1 Å². The van der Waals surface area contributed by atoms with E-state index in [4.69, 9.17) is 4.74 Å². The zero-order chi connectivity index (χ0) is 21.0. The summed E-state index contributed by atoms with van der Waals surface area (Å²) in [6, 6.07) is 11.4. The number of carbonyl (C=O) groups is 3. The predicted octanol–water partition coefficient (Wildman–Crippen LogP) is 2.66. The Labute approximate surface area is 168 Å². The molecule has 2 amide bonds. The molecule has 1 saturated heterocycles. The van der Waals surface area contributed by atoms with Crippen LogP contribution in [0.3, 0.4) is 0 Å². The Bertz CT molecular complexity index is 927. The van der Waals surface area contributed by atoms with Crippen LogP contribution in [0.2, 0.25) is 0 Å². The van der Waals surface area contributed by atoms with E-state index >= 15 is 0 Å². The Morgan fingerprint density at radius 1 is 1.17 bits per heavy atom. The summed E-state index contributed by atoms with van der Waals surface area (Å²) >= 11 is 0. The Balaban J connectivity index is 1.49. The Kier molecular flexibility index (Phi) is 6.26. The van der Waals surface area contributed by atoms with Gasteiger partial charge in [0, 0.05) is 25.2 Å². The van der Waals surface area contributed by atoms with Crippen LogP contribution in [-0.4, -0.2) is 30.9 Å². The lowest BCUT2D eigenvalue weighted by Crippen LogP contribution is -2.31. The molecule has 0 unspecified atom stereocenters. The zero-order valence-electron chi connectivity index (χ0n) is 16.4. The van der Waals surface area contributed by atoms with Crippen LogP contribution in [0.25, 0.3) is 0 Å². The van der Waals surface area contributed by atoms with Crippen LogP contribution < -0.4 is 10.2 Å². The molecule has 0 aliphatic carbocycles. The lowest BCUT2D eigenvalue weighted by Gasteiger charge is -2.20. The number of benzene rings is 2. The number of halogens is 1. The number of ether oxygens (including phenoxy) is 1. The van der Waals surface area contributed by atoms with Crippen molar-refractivity contribution in [3.05, 3.63) is 65.0 Å². The van der Waals surface area contributed by atoms with Crippen molar-refractivity contribution < 1.29 is 23.5 Å². The SMILES string of the molecule is Cc1cccc(N2C[C@@H](C(=O)OCC(=O)NCc3ccc(F)cc3)CC2=O)c1C. The number of nitrogens with zero attached hydrogens (tertiary/aromatic N) is 1. The minimum absolute atomic E-state index is 0.0589. The standard InChI is InChI=1S/C22H23FN2O4/c1-14-4-3-5-19(15(14)2)25-12-17(10-21(25)27)22(28)29-13-20(26)24-11-16-6-8-18(23)9-7-16/h3-9,17H,10-13H2,1-2H3,(H,24,26)/t17-/m0/s1. The number of rotatable bonds is 6. The van der Waals surface area contributed by atoms with Crippen LogP contribution in [0.1, 0.15) is 23.1 Å². The Morgan fingerprint density at radius 2 is 1.90 bits per heavy atom. The quantitative estimate of drug-likeness (QED) is 0.759. The predicted molar refractivity (Wildman–Crippen MR) is 106 cm³/mol. The highest BCUT2D eigenvalue weighted by Gasteiger charge is 2.37. The number of nitrogens with one attached hydrogen (secondary N) is 1. The molecule has 1 aliphatic heterocycles. The largest absolute Gasteiger partial charge is 0.455 e. The van der Waals surface area contributed by atoms with E-state index in [1.54, 1.807) is 17.0 Å². The highest BCUT2D eigenvalue weighted by Crippen LogP contribution is 2.29. The lowest BCUT2D eigenvalue weighted by atomic mass is 10.1. The normalized spacial score (nSPS) is 16.0. The Hall–Kier alpha value is -3.22. The second-order valence-corrected chi connectivity index (χ2v) is 7.14. The van der Waals surface area contributed by atoms with Crippen molar-refractivity contribution in [1.82, 2.24) is 5.32 Å². The fraction of sp³-hybridized carbons (Fsp3) is 0.318. The molecule has 1 fully saturated rings. The minimum atomic E-state index is -0.604. The van der Waals surface area contributed by atoms with Gasteiger partial charge in [-0.05, 0) is 48.7 Å². The van der Waals surface area contributed by atoms with E-state index < -0.39 is 24.4 Å². The first-order valence-corrected chi connectivity index (χ1v) is 9.39. The van der Waals surface area contributed by atoms with E-state index in [1.807, 2.05) is 32.0 Å². The molecule has 2 aromatic rings. The van der Waals surface area contributed by atoms with Crippen LogP contribution in [0, 0.1) is 25.6 Å². The number of aryl methyl sites for hydroxylation is 1. The van der Waals surface area contributed by atoms with Gasteiger partial charge < -0.3 is 15.0 Å². The first-order chi connectivity index (χ1) is 13.8. The van der Waals surface area contributed by atoms with Gasteiger partial charge in [-0.3, -0.25) is 14.4 Å². The third-order valence-electron chi connectivity index (χ3n) is 5.07.